The van der Waals surface area contributed by atoms with Gasteiger partial charge in [0.05, 0.1) is 23.3 Å². The summed E-state index contributed by atoms with van der Waals surface area (Å²) in [5, 5.41) is 8.89. The Morgan fingerprint density at radius 2 is 1.74 bits per heavy atom. The van der Waals surface area contributed by atoms with Crippen LogP contribution in [0, 0.1) is 11.8 Å². The molecule has 19 heavy (non-hydrogen) atoms. The van der Waals surface area contributed by atoms with Gasteiger partial charge < -0.3 is 10.0 Å². The lowest BCUT2D eigenvalue weighted by atomic mass is 10.1. The zero-order chi connectivity index (χ0) is 13.8. The molecule has 1 N–H and O–H groups in total. The van der Waals surface area contributed by atoms with Crippen molar-refractivity contribution in [2.75, 3.05) is 11.5 Å². The number of amides is 1. The summed E-state index contributed by atoms with van der Waals surface area (Å²) in [6.45, 7) is 0. The van der Waals surface area contributed by atoms with E-state index in [4.69, 9.17) is 5.11 Å². The van der Waals surface area contributed by atoms with Gasteiger partial charge in [-0.15, -0.1) is 0 Å². The van der Waals surface area contributed by atoms with Gasteiger partial charge in [0.15, 0.2) is 9.84 Å². The highest BCUT2D eigenvalue weighted by Crippen LogP contribution is 2.43. The molecule has 7 heteroatoms. The van der Waals surface area contributed by atoms with Gasteiger partial charge in [0, 0.05) is 12.1 Å². The van der Waals surface area contributed by atoms with Gasteiger partial charge in [-0.1, -0.05) is 0 Å². The SMILES string of the molecule is O=C(O)[C@@H]1C[C@H]1C(=O)N(C1CC1)[C@H]1CCS(=O)(=O)C1. The molecule has 0 radical (unpaired) electrons. The van der Waals surface area contributed by atoms with Crippen molar-refractivity contribution in [1.29, 1.82) is 0 Å². The fourth-order valence-corrected chi connectivity index (χ4v) is 4.65. The normalized spacial score (nSPS) is 35.9. The summed E-state index contributed by atoms with van der Waals surface area (Å²) in [6.07, 6.45) is 2.71. The third-order valence-corrected chi connectivity index (χ3v) is 5.97. The first-order chi connectivity index (χ1) is 8.89. The van der Waals surface area contributed by atoms with Crippen molar-refractivity contribution in [3.63, 3.8) is 0 Å². The average molecular weight is 287 g/mol. The van der Waals surface area contributed by atoms with Crippen molar-refractivity contribution in [2.24, 2.45) is 11.8 Å². The van der Waals surface area contributed by atoms with E-state index < -0.39 is 27.6 Å². The summed E-state index contributed by atoms with van der Waals surface area (Å²) < 4.78 is 23.1. The molecular formula is C12H17NO5S. The van der Waals surface area contributed by atoms with Crippen LogP contribution in [-0.4, -0.2) is 53.9 Å². The van der Waals surface area contributed by atoms with Crippen LogP contribution in [0.5, 0.6) is 0 Å². The van der Waals surface area contributed by atoms with E-state index in [0.717, 1.165) is 12.8 Å². The molecule has 1 saturated heterocycles. The maximum Gasteiger partial charge on any atom is 0.307 e. The largest absolute Gasteiger partial charge is 0.481 e. The van der Waals surface area contributed by atoms with Crippen molar-refractivity contribution in [3.05, 3.63) is 0 Å². The van der Waals surface area contributed by atoms with Gasteiger partial charge in [0.2, 0.25) is 5.91 Å². The van der Waals surface area contributed by atoms with Gasteiger partial charge in [-0.2, -0.15) is 0 Å². The molecule has 0 aromatic rings. The Kier molecular flexibility index (Phi) is 2.85. The van der Waals surface area contributed by atoms with Crippen LogP contribution >= 0.6 is 0 Å². The molecule has 3 aliphatic rings. The van der Waals surface area contributed by atoms with Crippen molar-refractivity contribution in [2.45, 2.75) is 37.8 Å². The fourth-order valence-electron chi connectivity index (χ4n) is 2.94. The lowest BCUT2D eigenvalue weighted by Crippen LogP contribution is -2.44. The standard InChI is InChI=1S/C12H17NO5S/c14-11(9-5-10(9)12(15)16)13(7-1-2-7)8-3-4-19(17,18)6-8/h7-10H,1-6H2,(H,15,16)/t8-,9+,10+/m0/s1. The summed E-state index contributed by atoms with van der Waals surface area (Å²) >= 11 is 0. The predicted octanol–water partition coefficient (Wildman–Crippen LogP) is -0.115. The van der Waals surface area contributed by atoms with Crippen LogP contribution < -0.4 is 0 Å². The first-order valence-corrected chi connectivity index (χ1v) is 8.46. The van der Waals surface area contributed by atoms with Crippen LogP contribution in [0.1, 0.15) is 25.7 Å². The minimum atomic E-state index is -3.03. The lowest BCUT2D eigenvalue weighted by molar-refractivity contribution is -0.142. The molecule has 1 amide bonds. The molecule has 0 bridgehead atoms. The van der Waals surface area contributed by atoms with Gasteiger partial charge >= 0.3 is 5.97 Å². The number of aliphatic carboxylic acids is 1. The second-order valence-electron chi connectivity index (χ2n) is 5.82. The van der Waals surface area contributed by atoms with Crippen molar-refractivity contribution in [3.8, 4) is 0 Å². The van der Waals surface area contributed by atoms with Crippen LogP contribution in [0.3, 0.4) is 0 Å². The number of carboxylic acids is 1. The van der Waals surface area contributed by atoms with Crippen LogP contribution in [-0.2, 0) is 19.4 Å². The third-order valence-electron chi connectivity index (χ3n) is 4.22. The fraction of sp³-hybridized carbons (Fsp3) is 0.833. The number of sulfone groups is 1. The second-order valence-corrected chi connectivity index (χ2v) is 8.05. The monoisotopic (exact) mass is 287 g/mol. The Bertz CT molecular complexity index is 524. The van der Waals surface area contributed by atoms with E-state index in [-0.39, 0.29) is 29.5 Å². The molecule has 106 valence electrons. The van der Waals surface area contributed by atoms with Gasteiger partial charge in [-0.05, 0) is 25.7 Å². The Balaban J connectivity index is 1.72. The molecule has 3 atom stereocenters. The number of carbonyl (C=O) groups is 2. The molecule has 6 nitrogen and oxygen atoms in total. The highest BCUT2D eigenvalue weighted by molar-refractivity contribution is 7.91. The van der Waals surface area contributed by atoms with Gasteiger partial charge in [-0.3, -0.25) is 9.59 Å². The van der Waals surface area contributed by atoms with E-state index in [0.29, 0.717) is 12.8 Å². The van der Waals surface area contributed by atoms with Crippen LogP contribution in [0.4, 0.5) is 0 Å². The van der Waals surface area contributed by atoms with Crippen LogP contribution in [0.15, 0.2) is 0 Å². The predicted molar refractivity (Wildman–Crippen MR) is 66.2 cm³/mol. The Morgan fingerprint density at radius 3 is 2.16 bits per heavy atom. The number of nitrogens with zero attached hydrogens (tertiary/aromatic N) is 1. The Hall–Kier alpha value is -1.11. The van der Waals surface area contributed by atoms with Gasteiger partial charge in [0.1, 0.15) is 0 Å². The molecule has 1 aliphatic heterocycles. The molecule has 2 saturated carbocycles. The third kappa shape index (κ3) is 2.48. The van der Waals surface area contributed by atoms with Gasteiger partial charge in [0.25, 0.3) is 0 Å². The Morgan fingerprint density at radius 1 is 1.05 bits per heavy atom. The molecule has 0 spiro atoms. The van der Waals surface area contributed by atoms with E-state index in [1.165, 1.54) is 0 Å². The average Bonchev–Trinajstić information content (AvgIpc) is 3.19. The van der Waals surface area contributed by atoms with E-state index in [1.807, 2.05) is 0 Å². The number of rotatable bonds is 4. The van der Waals surface area contributed by atoms with E-state index in [9.17, 15) is 18.0 Å². The van der Waals surface area contributed by atoms with Crippen LogP contribution in [0.2, 0.25) is 0 Å². The molecule has 3 rings (SSSR count). The zero-order valence-corrected chi connectivity index (χ0v) is 11.3. The zero-order valence-electron chi connectivity index (χ0n) is 10.5. The maximum absolute atomic E-state index is 12.4. The summed E-state index contributed by atoms with van der Waals surface area (Å²) in [7, 11) is -3.03. The molecular weight excluding hydrogens is 270 g/mol. The molecule has 1 heterocycles. The Labute approximate surface area is 111 Å². The summed E-state index contributed by atoms with van der Waals surface area (Å²) in [6, 6.07) is -0.0964. The summed E-state index contributed by atoms with van der Waals surface area (Å²) in [4.78, 5) is 24.9. The van der Waals surface area contributed by atoms with Crippen molar-refractivity contribution < 1.29 is 23.1 Å². The van der Waals surface area contributed by atoms with E-state index in [1.54, 1.807) is 4.90 Å². The quantitative estimate of drug-likeness (QED) is 0.778. The summed E-state index contributed by atoms with van der Waals surface area (Å²) in [5.41, 5.74) is 0. The topological polar surface area (TPSA) is 91.8 Å². The minimum Gasteiger partial charge on any atom is -0.481 e. The van der Waals surface area contributed by atoms with Crippen molar-refractivity contribution >= 4 is 21.7 Å². The molecule has 0 aromatic carbocycles. The highest BCUT2D eigenvalue weighted by Gasteiger charge is 2.53. The maximum atomic E-state index is 12.4. The number of carbonyl (C=O) groups excluding carboxylic acids is 1. The molecule has 0 aromatic heterocycles. The minimum absolute atomic E-state index is 0.0414. The van der Waals surface area contributed by atoms with Gasteiger partial charge in [-0.25, -0.2) is 8.42 Å². The smallest absolute Gasteiger partial charge is 0.307 e. The first kappa shape index (κ1) is 12.9. The highest BCUT2D eigenvalue weighted by atomic mass is 32.2. The van der Waals surface area contributed by atoms with Crippen molar-refractivity contribution in [1.82, 2.24) is 4.90 Å². The molecule has 0 unspecified atom stereocenters. The van der Waals surface area contributed by atoms with E-state index >= 15 is 0 Å². The second kappa shape index (κ2) is 4.19. The first-order valence-electron chi connectivity index (χ1n) is 6.64. The molecule has 2 aliphatic carbocycles. The number of carboxylic acid groups (broad SMARTS) is 1. The lowest BCUT2D eigenvalue weighted by Gasteiger charge is -2.28. The van der Waals surface area contributed by atoms with E-state index in [2.05, 4.69) is 0 Å². The summed E-state index contributed by atoms with van der Waals surface area (Å²) in [5.74, 6) is -1.88. The molecule has 3 fully saturated rings. The van der Waals surface area contributed by atoms with Crippen LogP contribution in [0.25, 0.3) is 0 Å². The number of hydrogen-bond acceptors (Lipinski definition) is 4. The number of hydrogen-bond donors (Lipinski definition) is 1.